The van der Waals surface area contributed by atoms with E-state index in [2.05, 4.69) is 8.62 Å². The highest BCUT2D eigenvalue weighted by atomic mass is 31.3. The zero-order valence-corrected chi connectivity index (χ0v) is 10.7. The van der Waals surface area contributed by atoms with Gasteiger partial charge in [-0.05, 0) is 0 Å². The van der Waals surface area contributed by atoms with Crippen molar-refractivity contribution in [2.75, 3.05) is 13.2 Å². The normalized spacial score (nSPS) is 12.9. The van der Waals surface area contributed by atoms with Crippen LogP contribution >= 0.6 is 23.5 Å². The summed E-state index contributed by atoms with van der Waals surface area (Å²) in [5.74, 6) is 0. The number of aliphatic hydroxyl groups is 1. The van der Waals surface area contributed by atoms with Gasteiger partial charge in [-0.3, -0.25) is 0 Å². The highest BCUT2D eigenvalue weighted by Crippen LogP contribution is 2.64. The third-order valence-corrected chi connectivity index (χ3v) is 3.90. The fraction of sp³-hybridized carbons (Fsp3) is 1.00. The van der Waals surface area contributed by atoms with Crippen LogP contribution in [0.15, 0.2) is 0 Å². The molecule has 0 unspecified atom stereocenters. The predicted octanol–water partition coefficient (Wildman–Crippen LogP) is -1.76. The topological polar surface area (TPSA) is 217 Å². The Kier molecular flexibility index (Phi) is 8.90. The maximum Gasteiger partial charge on any atom is 0.490 e. The lowest BCUT2D eigenvalue weighted by Gasteiger charge is -2.11. The number of aliphatic hydroxyl groups excluding tert-OH is 1. The van der Waals surface area contributed by atoms with Crippen LogP contribution in [0, 0.1) is 0 Å². The van der Waals surface area contributed by atoms with E-state index in [-0.39, 0.29) is 6.61 Å². The van der Waals surface area contributed by atoms with Crippen molar-refractivity contribution in [1.29, 1.82) is 0 Å². The molecule has 8 N–H and O–H groups in total. The Balaban J connectivity index is 0. The lowest BCUT2D eigenvalue weighted by molar-refractivity contribution is 0.204. The zero-order chi connectivity index (χ0) is 14.3. The largest absolute Gasteiger partial charge is 0.490 e. The Morgan fingerprint density at radius 1 is 0.882 bits per heavy atom. The lowest BCUT2D eigenvalue weighted by atomic mass is 10.8. The van der Waals surface area contributed by atoms with E-state index >= 15 is 0 Å². The first-order valence-corrected chi connectivity index (χ1v) is 8.06. The molecule has 0 heterocycles. The summed E-state index contributed by atoms with van der Waals surface area (Å²) in [6, 6.07) is 0. The van der Waals surface area contributed by atoms with Crippen LogP contribution in [0.2, 0.25) is 0 Å². The standard InChI is InChI=1S/C2H7NO.H5O10P3/c3-1-2-4;1-11(2,3)9-13(7,8)10-12(4,5)6/h4H,1-3H2;(H,7,8)(H2,1,2,3)(H2,4,5,6). The van der Waals surface area contributed by atoms with E-state index in [0.29, 0.717) is 6.54 Å². The average Bonchev–Trinajstić information content (AvgIpc) is 1.94. The molecular formula is C2H12NO11P3. The fourth-order valence-electron chi connectivity index (χ4n) is 0.284. The van der Waals surface area contributed by atoms with E-state index in [0.717, 1.165) is 0 Å². The average molecular weight is 319 g/mol. The Morgan fingerprint density at radius 3 is 1.24 bits per heavy atom. The van der Waals surface area contributed by atoms with E-state index < -0.39 is 23.5 Å². The van der Waals surface area contributed by atoms with Gasteiger partial charge in [0.1, 0.15) is 0 Å². The van der Waals surface area contributed by atoms with Crippen molar-refractivity contribution in [1.82, 2.24) is 0 Å². The smallest absolute Gasteiger partial charge is 0.395 e. The second kappa shape index (κ2) is 7.70. The van der Waals surface area contributed by atoms with Crippen LogP contribution < -0.4 is 5.73 Å². The summed E-state index contributed by atoms with van der Waals surface area (Å²) in [7, 11) is -16.2. The predicted molar refractivity (Wildman–Crippen MR) is 52.2 cm³/mol. The van der Waals surface area contributed by atoms with E-state index in [1.54, 1.807) is 0 Å². The van der Waals surface area contributed by atoms with Crippen LogP contribution in [0.4, 0.5) is 0 Å². The van der Waals surface area contributed by atoms with Crippen LogP contribution in [0.1, 0.15) is 0 Å². The Bertz CT molecular complexity index is 311. The van der Waals surface area contributed by atoms with E-state index in [4.69, 9.17) is 35.3 Å². The van der Waals surface area contributed by atoms with Gasteiger partial charge in [0.05, 0.1) is 6.61 Å². The van der Waals surface area contributed by atoms with E-state index in [9.17, 15) is 13.7 Å². The summed E-state index contributed by atoms with van der Waals surface area (Å²) in [6.45, 7) is 0.472. The number of rotatable bonds is 5. The fourth-order valence-corrected chi connectivity index (χ4v) is 2.82. The third-order valence-electron chi connectivity index (χ3n) is 0.548. The van der Waals surface area contributed by atoms with Crippen molar-refractivity contribution >= 4 is 23.5 Å². The number of hydrogen-bond donors (Lipinski definition) is 7. The molecule has 0 amide bonds. The van der Waals surface area contributed by atoms with Gasteiger partial charge in [0.25, 0.3) is 0 Å². The van der Waals surface area contributed by atoms with E-state index in [1.807, 2.05) is 0 Å². The van der Waals surface area contributed by atoms with Crippen LogP contribution in [0.5, 0.6) is 0 Å². The molecule has 0 aliphatic carbocycles. The monoisotopic (exact) mass is 319 g/mol. The minimum absolute atomic E-state index is 0.0972. The summed E-state index contributed by atoms with van der Waals surface area (Å²) in [4.78, 5) is 40.2. The lowest BCUT2D eigenvalue weighted by Crippen LogP contribution is -2.02. The second-order valence-corrected chi connectivity index (χ2v) is 6.33. The van der Waals surface area contributed by atoms with Gasteiger partial charge in [0.2, 0.25) is 0 Å². The number of phosphoric acid groups is 3. The molecule has 0 saturated heterocycles. The van der Waals surface area contributed by atoms with E-state index in [1.165, 1.54) is 0 Å². The molecule has 0 aliphatic rings. The van der Waals surface area contributed by atoms with Gasteiger partial charge >= 0.3 is 23.5 Å². The number of hydrogen-bond acceptors (Lipinski definition) is 7. The zero-order valence-electron chi connectivity index (χ0n) is 8.06. The SMILES string of the molecule is NCCO.O=P(O)(O)OP(=O)(O)OP(=O)(O)O. The molecule has 0 aliphatic heterocycles. The van der Waals surface area contributed by atoms with Crippen molar-refractivity contribution in [3.8, 4) is 0 Å². The Hall–Kier alpha value is 0.330. The first kappa shape index (κ1) is 19.7. The highest BCUT2D eigenvalue weighted by molar-refractivity contribution is 7.66. The molecule has 15 heteroatoms. The van der Waals surface area contributed by atoms with Gasteiger partial charge in [-0.25, -0.2) is 13.7 Å². The summed E-state index contributed by atoms with van der Waals surface area (Å²) in [6.07, 6.45) is 0. The highest BCUT2D eigenvalue weighted by Gasteiger charge is 2.38. The first-order chi connectivity index (χ1) is 7.33. The van der Waals surface area contributed by atoms with Gasteiger partial charge in [-0.1, -0.05) is 0 Å². The van der Waals surface area contributed by atoms with Crippen molar-refractivity contribution in [2.24, 2.45) is 5.73 Å². The van der Waals surface area contributed by atoms with Gasteiger partial charge in [-0.15, -0.1) is 0 Å². The molecule has 17 heavy (non-hydrogen) atoms. The van der Waals surface area contributed by atoms with Crippen LogP contribution in [-0.2, 0) is 22.3 Å². The Labute approximate surface area is 95.1 Å². The summed E-state index contributed by atoms with van der Waals surface area (Å²) in [5, 5.41) is 7.75. The van der Waals surface area contributed by atoms with Crippen molar-refractivity contribution in [3.05, 3.63) is 0 Å². The summed E-state index contributed by atoms with van der Waals surface area (Å²) < 4.78 is 36.4. The molecule has 0 fully saturated rings. The molecule has 0 bridgehead atoms. The summed E-state index contributed by atoms with van der Waals surface area (Å²) >= 11 is 0. The van der Waals surface area contributed by atoms with Crippen molar-refractivity contribution in [2.45, 2.75) is 0 Å². The molecular weight excluding hydrogens is 307 g/mol. The van der Waals surface area contributed by atoms with Gasteiger partial charge in [0, 0.05) is 6.54 Å². The molecule has 12 nitrogen and oxygen atoms in total. The second-order valence-electron chi connectivity index (χ2n) is 2.13. The first-order valence-electron chi connectivity index (χ1n) is 3.50. The molecule has 0 aromatic rings. The molecule has 0 aromatic carbocycles. The maximum absolute atomic E-state index is 10.4. The van der Waals surface area contributed by atoms with Gasteiger partial charge in [0.15, 0.2) is 0 Å². The van der Waals surface area contributed by atoms with Gasteiger partial charge < -0.3 is 35.3 Å². The minimum Gasteiger partial charge on any atom is -0.395 e. The molecule has 0 rings (SSSR count). The quantitative estimate of drug-likeness (QED) is 0.280. The third kappa shape index (κ3) is 18.9. The maximum atomic E-state index is 10.4. The van der Waals surface area contributed by atoms with Crippen LogP contribution in [-0.4, -0.2) is 42.7 Å². The molecule has 0 radical (unpaired) electrons. The molecule has 106 valence electrons. The van der Waals surface area contributed by atoms with Crippen LogP contribution in [0.25, 0.3) is 0 Å². The Morgan fingerprint density at radius 2 is 1.12 bits per heavy atom. The van der Waals surface area contributed by atoms with Crippen molar-refractivity contribution in [3.63, 3.8) is 0 Å². The molecule has 0 aromatic heterocycles. The molecule has 0 atom stereocenters. The van der Waals surface area contributed by atoms with Gasteiger partial charge in [-0.2, -0.15) is 8.62 Å². The molecule has 0 spiro atoms. The summed E-state index contributed by atoms with van der Waals surface area (Å²) in [5.41, 5.74) is 4.78. The van der Waals surface area contributed by atoms with Crippen LogP contribution in [0.3, 0.4) is 0 Å². The van der Waals surface area contributed by atoms with Crippen molar-refractivity contribution < 1.29 is 51.9 Å². The number of nitrogens with two attached hydrogens (primary N) is 1. The molecule has 0 saturated carbocycles. The minimum atomic E-state index is -5.46.